The Morgan fingerprint density at radius 2 is 1.98 bits per heavy atom. The van der Waals surface area contributed by atoms with Crippen molar-refractivity contribution in [3.05, 3.63) is 77.5 Å². The predicted octanol–water partition coefficient (Wildman–Crippen LogP) is 7.12. The SMILES string of the molecule is COc1cc(C(=O)N2CCC3NP32)cc2nc3n(c12)Cc1cccc(c1)C(C)C(F)(F)CCCCn1c-3cc2cccnc21. The van der Waals surface area contributed by atoms with Crippen molar-refractivity contribution in [2.45, 2.75) is 63.3 Å². The number of hydrogen-bond donors (Lipinski definition) is 1. The fourth-order valence-corrected chi connectivity index (χ4v) is 8.84. The first-order valence-corrected chi connectivity index (χ1v) is 16.6. The summed E-state index contributed by atoms with van der Waals surface area (Å²) in [5.41, 5.74) is 5.11. The van der Waals surface area contributed by atoms with Gasteiger partial charge >= 0.3 is 0 Å². The van der Waals surface area contributed by atoms with Gasteiger partial charge < -0.3 is 18.5 Å². The molecule has 3 aliphatic rings. The summed E-state index contributed by atoms with van der Waals surface area (Å²) >= 11 is 0. The lowest BCUT2D eigenvalue weighted by molar-refractivity contribution is -0.0327. The van der Waals surface area contributed by atoms with Crippen LogP contribution in [0.15, 0.2) is 60.8 Å². The highest BCUT2D eigenvalue weighted by atomic mass is 31.1. The third kappa shape index (κ3) is 4.49. The number of rotatable bonds is 2. The maximum Gasteiger partial charge on any atom is 0.258 e. The number of imidazole rings is 1. The zero-order chi connectivity index (χ0) is 30.2. The molecule has 0 aliphatic carbocycles. The van der Waals surface area contributed by atoms with Crippen LogP contribution >= 0.6 is 8.22 Å². The number of methoxy groups -OCH3 is 1. The van der Waals surface area contributed by atoms with Crippen molar-refractivity contribution in [2.75, 3.05) is 13.7 Å². The average Bonchev–Trinajstić information content (AvgIpc) is 3.35. The Bertz CT molecular complexity index is 1940. The van der Waals surface area contributed by atoms with Gasteiger partial charge in [0, 0.05) is 49.1 Å². The minimum absolute atomic E-state index is 0.0146. The van der Waals surface area contributed by atoms with E-state index in [1.165, 1.54) is 0 Å². The number of aryl methyl sites for hydroxylation is 1. The van der Waals surface area contributed by atoms with Crippen molar-refractivity contribution >= 4 is 36.2 Å². The summed E-state index contributed by atoms with van der Waals surface area (Å²) < 4.78 is 42.9. The second-order valence-corrected chi connectivity index (χ2v) is 14.1. The first-order valence-electron chi connectivity index (χ1n) is 15.2. The van der Waals surface area contributed by atoms with Crippen molar-refractivity contribution in [1.82, 2.24) is 28.9 Å². The summed E-state index contributed by atoms with van der Waals surface area (Å²) in [6.07, 6.45) is 3.52. The predicted molar refractivity (Wildman–Crippen MR) is 167 cm³/mol. The molecule has 11 heteroatoms. The van der Waals surface area contributed by atoms with E-state index in [0.29, 0.717) is 54.1 Å². The van der Waals surface area contributed by atoms with Crippen LogP contribution in [0.25, 0.3) is 33.6 Å². The van der Waals surface area contributed by atoms with Gasteiger partial charge in [0.1, 0.15) is 16.9 Å². The topological polar surface area (TPSA) is 87.1 Å². The quantitative estimate of drug-likeness (QED) is 0.169. The molecule has 2 aromatic carbocycles. The number of halogens is 2. The van der Waals surface area contributed by atoms with E-state index in [1.54, 1.807) is 26.3 Å². The second-order valence-electron chi connectivity index (χ2n) is 12.1. The van der Waals surface area contributed by atoms with E-state index < -0.39 is 20.1 Å². The van der Waals surface area contributed by atoms with Gasteiger partial charge in [-0.1, -0.05) is 31.2 Å². The molecular formula is C33H33F2N6O2P. The molecule has 3 atom stereocenters. The molecule has 1 amide bonds. The Labute approximate surface area is 254 Å². The van der Waals surface area contributed by atoms with E-state index in [4.69, 9.17) is 9.72 Å². The first-order chi connectivity index (χ1) is 21.3. The van der Waals surface area contributed by atoms with Gasteiger partial charge in [0.05, 0.1) is 32.3 Å². The molecule has 0 spiro atoms. The molecule has 2 saturated heterocycles. The fraction of sp³-hybridized carbons (Fsp3) is 0.364. The van der Waals surface area contributed by atoms with Gasteiger partial charge in [-0.15, -0.1) is 0 Å². The number of nitrogens with zero attached hydrogens (tertiary/aromatic N) is 5. The minimum Gasteiger partial charge on any atom is -0.494 e. The van der Waals surface area contributed by atoms with Crippen LogP contribution in [0.2, 0.25) is 0 Å². The number of benzene rings is 2. The number of nitrogens with one attached hydrogen (secondary N) is 1. The number of pyridine rings is 1. The third-order valence-electron chi connectivity index (χ3n) is 9.34. The lowest BCUT2D eigenvalue weighted by Gasteiger charge is -2.25. The van der Waals surface area contributed by atoms with Crippen molar-refractivity contribution in [1.29, 1.82) is 0 Å². The van der Waals surface area contributed by atoms with E-state index in [1.807, 2.05) is 47.1 Å². The Morgan fingerprint density at radius 1 is 1.09 bits per heavy atom. The van der Waals surface area contributed by atoms with Crippen LogP contribution in [0.3, 0.4) is 0 Å². The number of ether oxygens (including phenoxy) is 1. The molecule has 8 rings (SSSR count). The van der Waals surface area contributed by atoms with Crippen LogP contribution in [0.1, 0.15) is 60.0 Å². The summed E-state index contributed by atoms with van der Waals surface area (Å²) in [6, 6.07) is 17.2. The molecule has 0 saturated carbocycles. The number of amides is 1. The second kappa shape index (κ2) is 10.3. The van der Waals surface area contributed by atoms with Crippen LogP contribution in [-0.4, -0.2) is 55.0 Å². The van der Waals surface area contributed by atoms with Gasteiger partial charge in [-0.2, -0.15) is 0 Å². The Balaban J connectivity index is 1.35. The number of alkyl halides is 2. The average molecular weight is 615 g/mol. The zero-order valence-corrected chi connectivity index (χ0v) is 25.5. The maximum atomic E-state index is 15.4. The molecule has 1 N–H and O–H groups in total. The molecule has 5 aromatic rings. The molecule has 6 heterocycles. The number of carbonyl (C=O) groups is 1. The largest absolute Gasteiger partial charge is 0.494 e. The highest BCUT2D eigenvalue weighted by molar-refractivity contribution is 7.62. The van der Waals surface area contributed by atoms with Crippen LogP contribution in [0.5, 0.6) is 5.75 Å². The fourth-order valence-electron chi connectivity index (χ4n) is 6.84. The summed E-state index contributed by atoms with van der Waals surface area (Å²) in [5.74, 6) is -2.03. The normalized spacial score (nSPS) is 22.7. The Morgan fingerprint density at radius 3 is 2.77 bits per heavy atom. The number of carbonyl (C=O) groups excluding carboxylic acids is 1. The first kappa shape index (κ1) is 27.7. The molecule has 3 unspecified atom stereocenters. The molecule has 0 radical (unpaired) electrons. The van der Waals surface area contributed by atoms with Crippen LogP contribution < -0.4 is 9.82 Å². The van der Waals surface area contributed by atoms with Gasteiger partial charge in [0.25, 0.3) is 11.8 Å². The van der Waals surface area contributed by atoms with Crippen LogP contribution in [-0.2, 0) is 13.1 Å². The van der Waals surface area contributed by atoms with E-state index in [0.717, 1.165) is 46.6 Å². The van der Waals surface area contributed by atoms with Gasteiger partial charge in [-0.05, 0) is 60.7 Å². The standard InChI is InChI=1S/C33H33F2N6O2P/c1-20-22-8-5-7-21(15-22)19-40-29-25(16-24(18-27(29)43-2)32(42)41-14-10-28-38-44(28)41)37-31(40)26-17-23-9-6-12-36-30(23)39(26)13-4-3-11-33(20,34)35/h5-9,12,15-18,20,28,38H,3-4,10-11,13-14,19H2,1-2H3. The Kier molecular flexibility index (Phi) is 6.50. The van der Waals surface area contributed by atoms with E-state index >= 15 is 8.78 Å². The minimum atomic E-state index is -2.83. The lowest BCUT2D eigenvalue weighted by atomic mass is 9.90. The van der Waals surface area contributed by atoms with Crippen molar-refractivity contribution in [2.24, 2.45) is 0 Å². The molecule has 226 valence electrons. The summed E-state index contributed by atoms with van der Waals surface area (Å²) in [6.45, 7) is 3.29. The smallest absolute Gasteiger partial charge is 0.258 e. The summed E-state index contributed by atoms with van der Waals surface area (Å²) in [7, 11) is 1.03. The number of fused-ring (bicyclic) bond motifs is 10. The molecule has 3 aromatic heterocycles. The monoisotopic (exact) mass is 614 g/mol. The summed E-state index contributed by atoms with van der Waals surface area (Å²) in [4.78, 5) is 23.5. The molecule has 2 fully saturated rings. The van der Waals surface area contributed by atoms with Gasteiger partial charge in [0.2, 0.25) is 0 Å². The molecule has 44 heavy (non-hydrogen) atoms. The van der Waals surface area contributed by atoms with Crippen molar-refractivity contribution in [3.8, 4) is 17.3 Å². The highest BCUT2D eigenvalue weighted by Crippen LogP contribution is 2.61. The zero-order valence-electron chi connectivity index (χ0n) is 24.6. The molecule has 8 nitrogen and oxygen atoms in total. The van der Waals surface area contributed by atoms with Gasteiger partial charge in [-0.25, -0.2) is 18.7 Å². The summed E-state index contributed by atoms with van der Waals surface area (Å²) in [5, 5.41) is 4.37. The van der Waals surface area contributed by atoms with Gasteiger partial charge in [0.15, 0.2) is 5.82 Å². The molecular weight excluding hydrogens is 581 g/mol. The highest BCUT2D eigenvalue weighted by Gasteiger charge is 2.49. The van der Waals surface area contributed by atoms with E-state index in [9.17, 15) is 4.79 Å². The molecule has 2 bridgehead atoms. The Hall–Kier alpha value is -3.88. The van der Waals surface area contributed by atoms with E-state index in [-0.39, 0.29) is 12.3 Å². The number of hydrogen-bond acceptors (Lipinski definition) is 5. The molecule has 3 aliphatic heterocycles. The van der Waals surface area contributed by atoms with E-state index in [2.05, 4.69) is 25.3 Å². The lowest BCUT2D eigenvalue weighted by Crippen LogP contribution is -2.24. The third-order valence-corrected chi connectivity index (χ3v) is 11.5. The van der Waals surface area contributed by atoms with Crippen molar-refractivity contribution < 1.29 is 18.3 Å². The van der Waals surface area contributed by atoms with Crippen LogP contribution in [0.4, 0.5) is 8.78 Å². The maximum absolute atomic E-state index is 15.4. The van der Waals surface area contributed by atoms with Crippen molar-refractivity contribution in [3.63, 3.8) is 0 Å². The van der Waals surface area contributed by atoms with Crippen LogP contribution in [0, 0.1) is 0 Å². The number of aromatic nitrogens is 4. The van der Waals surface area contributed by atoms with Gasteiger partial charge in [-0.3, -0.25) is 9.88 Å².